The Morgan fingerprint density at radius 1 is 1.25 bits per heavy atom. The zero-order chi connectivity index (χ0) is 23.1. The van der Waals surface area contributed by atoms with Gasteiger partial charge < -0.3 is 15.2 Å². The zero-order valence-electron chi connectivity index (χ0n) is 17.3. The highest BCUT2D eigenvalue weighted by Crippen LogP contribution is 2.22. The lowest BCUT2D eigenvalue weighted by Gasteiger charge is -2.10. The maximum atomic E-state index is 12.5. The van der Waals surface area contributed by atoms with E-state index in [1.165, 1.54) is 11.8 Å². The average Bonchev–Trinajstić information content (AvgIpc) is 3.15. The molecule has 2 N–H and O–H groups in total. The van der Waals surface area contributed by atoms with Crippen molar-refractivity contribution in [2.45, 2.75) is 25.2 Å². The smallest absolute Gasteiger partial charge is 0.252 e. The van der Waals surface area contributed by atoms with Crippen LogP contribution in [0.2, 0.25) is 5.02 Å². The molecule has 0 aliphatic rings. The fraction of sp³-hybridized carbons (Fsp3) is 0.182. The molecule has 10 heteroatoms. The highest BCUT2D eigenvalue weighted by Gasteiger charge is 2.16. The molecule has 2 amide bonds. The summed E-state index contributed by atoms with van der Waals surface area (Å²) in [6.45, 7) is 6.30. The maximum Gasteiger partial charge on any atom is 0.252 e. The zero-order valence-corrected chi connectivity index (χ0v) is 20.4. The van der Waals surface area contributed by atoms with Crippen molar-refractivity contribution in [3.05, 3.63) is 81.6 Å². The summed E-state index contributed by atoms with van der Waals surface area (Å²) in [6.07, 6.45) is 1.71. The number of nitrogens with zero attached hydrogens (tertiary/aromatic N) is 3. The number of hydrogen-bond acceptors (Lipinski definition) is 5. The molecule has 7 nitrogen and oxygen atoms in total. The molecule has 0 aliphatic heterocycles. The quantitative estimate of drug-likeness (QED) is 0.303. The van der Waals surface area contributed by atoms with Gasteiger partial charge in [0.25, 0.3) is 5.91 Å². The van der Waals surface area contributed by atoms with E-state index in [4.69, 9.17) is 11.6 Å². The molecule has 2 aromatic carbocycles. The Hall–Kier alpha value is -2.62. The van der Waals surface area contributed by atoms with Crippen LogP contribution in [-0.2, 0) is 17.9 Å². The third-order valence-electron chi connectivity index (χ3n) is 4.42. The van der Waals surface area contributed by atoms with E-state index in [0.717, 1.165) is 5.56 Å². The highest BCUT2D eigenvalue weighted by molar-refractivity contribution is 9.10. The first-order valence-electron chi connectivity index (χ1n) is 9.63. The lowest BCUT2D eigenvalue weighted by molar-refractivity contribution is -0.113. The molecule has 0 atom stereocenters. The lowest BCUT2D eigenvalue weighted by atomic mass is 10.2. The summed E-state index contributed by atoms with van der Waals surface area (Å²) < 4.78 is 2.52. The minimum atomic E-state index is -0.226. The molecule has 0 saturated heterocycles. The topological polar surface area (TPSA) is 88.9 Å². The molecule has 0 spiro atoms. The molecule has 0 radical (unpaired) electrons. The number of thioether (sulfide) groups is 1. The van der Waals surface area contributed by atoms with Gasteiger partial charge in [-0.1, -0.05) is 47.6 Å². The Labute approximate surface area is 203 Å². The van der Waals surface area contributed by atoms with Gasteiger partial charge in [0.15, 0.2) is 11.0 Å². The molecule has 0 bridgehead atoms. The number of anilines is 1. The second kappa shape index (κ2) is 11.3. The third-order valence-corrected chi connectivity index (χ3v) is 6.48. The summed E-state index contributed by atoms with van der Waals surface area (Å²) in [5.74, 6) is 0.297. The van der Waals surface area contributed by atoms with Gasteiger partial charge in [-0.15, -0.1) is 16.8 Å². The lowest BCUT2D eigenvalue weighted by Crippen LogP contribution is -2.25. The van der Waals surface area contributed by atoms with Gasteiger partial charge in [-0.05, 0) is 52.7 Å². The molecular weight excluding hydrogens is 514 g/mol. The van der Waals surface area contributed by atoms with Crippen LogP contribution in [0.5, 0.6) is 0 Å². The number of carbonyl (C=O) groups excluding carboxylic acids is 2. The molecule has 1 aromatic heterocycles. The van der Waals surface area contributed by atoms with Crippen LogP contribution in [0.1, 0.15) is 21.7 Å². The van der Waals surface area contributed by atoms with E-state index in [0.29, 0.717) is 38.3 Å². The molecule has 3 rings (SSSR count). The first-order valence-corrected chi connectivity index (χ1v) is 11.8. The van der Waals surface area contributed by atoms with Crippen LogP contribution in [0.4, 0.5) is 5.69 Å². The van der Waals surface area contributed by atoms with Gasteiger partial charge in [0, 0.05) is 21.7 Å². The van der Waals surface area contributed by atoms with Gasteiger partial charge in [-0.2, -0.15) is 0 Å². The van der Waals surface area contributed by atoms with Crippen LogP contribution in [0, 0.1) is 6.92 Å². The van der Waals surface area contributed by atoms with Crippen LogP contribution in [-0.4, -0.2) is 32.3 Å². The number of amides is 2. The molecule has 0 unspecified atom stereocenters. The van der Waals surface area contributed by atoms with E-state index in [1.54, 1.807) is 36.4 Å². The molecule has 3 aromatic rings. The van der Waals surface area contributed by atoms with Crippen LogP contribution < -0.4 is 10.6 Å². The number of aryl methyl sites for hydroxylation is 1. The number of nitrogens with one attached hydrogen (secondary N) is 2. The average molecular weight is 535 g/mol. The van der Waals surface area contributed by atoms with Gasteiger partial charge in [0.05, 0.1) is 17.9 Å². The highest BCUT2D eigenvalue weighted by atomic mass is 79.9. The molecule has 32 heavy (non-hydrogen) atoms. The van der Waals surface area contributed by atoms with Crippen molar-refractivity contribution in [1.29, 1.82) is 0 Å². The number of rotatable bonds is 9. The number of allylic oxidation sites excluding steroid dienone is 1. The summed E-state index contributed by atoms with van der Waals surface area (Å²) in [5.41, 5.74) is 2.11. The fourth-order valence-corrected chi connectivity index (χ4v) is 4.18. The van der Waals surface area contributed by atoms with E-state index in [1.807, 2.05) is 23.6 Å². The number of hydrogen-bond donors (Lipinski definition) is 2. The molecule has 166 valence electrons. The van der Waals surface area contributed by atoms with Crippen LogP contribution in [0.15, 0.2) is 64.7 Å². The fourth-order valence-electron chi connectivity index (χ4n) is 2.77. The molecule has 0 aliphatic carbocycles. The van der Waals surface area contributed by atoms with Crippen LogP contribution >= 0.6 is 39.3 Å². The van der Waals surface area contributed by atoms with Crippen molar-refractivity contribution in [2.75, 3.05) is 11.1 Å². The third kappa shape index (κ3) is 6.21. The van der Waals surface area contributed by atoms with Gasteiger partial charge >= 0.3 is 0 Å². The predicted octanol–water partition coefficient (Wildman–Crippen LogP) is 4.85. The minimum absolute atomic E-state index is 0.143. The van der Waals surface area contributed by atoms with E-state index in [-0.39, 0.29) is 24.1 Å². The second-order valence-electron chi connectivity index (χ2n) is 6.76. The number of benzene rings is 2. The Kier molecular flexibility index (Phi) is 8.49. The number of aromatic nitrogens is 3. The summed E-state index contributed by atoms with van der Waals surface area (Å²) in [5, 5.41) is 15.2. The predicted molar refractivity (Wildman–Crippen MR) is 131 cm³/mol. The van der Waals surface area contributed by atoms with Gasteiger partial charge in [-0.3, -0.25) is 9.59 Å². The first kappa shape index (κ1) is 24.0. The van der Waals surface area contributed by atoms with Crippen molar-refractivity contribution in [2.24, 2.45) is 0 Å². The summed E-state index contributed by atoms with van der Waals surface area (Å²) >= 11 is 10.7. The van der Waals surface area contributed by atoms with E-state index in [2.05, 4.69) is 43.3 Å². The normalized spacial score (nSPS) is 10.6. The molecule has 0 saturated carbocycles. The van der Waals surface area contributed by atoms with Crippen molar-refractivity contribution in [1.82, 2.24) is 20.1 Å². The van der Waals surface area contributed by atoms with Crippen LogP contribution in [0.3, 0.4) is 0 Å². The van der Waals surface area contributed by atoms with Crippen molar-refractivity contribution >= 4 is 56.8 Å². The summed E-state index contributed by atoms with van der Waals surface area (Å²) in [7, 11) is 0. The Morgan fingerprint density at radius 3 is 2.75 bits per heavy atom. The van der Waals surface area contributed by atoms with Crippen molar-refractivity contribution in [3.63, 3.8) is 0 Å². The SMILES string of the molecule is C=CCn1c(CNC(=O)c2ccccc2Br)nnc1SCC(=O)Nc1ccc(C)c(Cl)c1. The van der Waals surface area contributed by atoms with Gasteiger partial charge in [-0.25, -0.2) is 0 Å². The van der Waals surface area contributed by atoms with E-state index < -0.39 is 0 Å². The van der Waals surface area contributed by atoms with Crippen molar-refractivity contribution in [3.8, 4) is 0 Å². The Bertz CT molecular complexity index is 1150. The number of carbonyl (C=O) groups is 2. The minimum Gasteiger partial charge on any atom is -0.345 e. The van der Waals surface area contributed by atoms with Crippen molar-refractivity contribution < 1.29 is 9.59 Å². The monoisotopic (exact) mass is 533 g/mol. The second-order valence-corrected chi connectivity index (χ2v) is 8.97. The van der Waals surface area contributed by atoms with Gasteiger partial charge in [0.2, 0.25) is 5.91 Å². The number of halogens is 2. The largest absolute Gasteiger partial charge is 0.345 e. The maximum absolute atomic E-state index is 12.5. The Morgan fingerprint density at radius 2 is 2.03 bits per heavy atom. The summed E-state index contributed by atoms with van der Waals surface area (Å²) in [4.78, 5) is 24.8. The van der Waals surface area contributed by atoms with E-state index in [9.17, 15) is 9.59 Å². The molecule has 1 heterocycles. The first-order chi connectivity index (χ1) is 15.4. The Balaban J connectivity index is 1.61. The van der Waals surface area contributed by atoms with Crippen LogP contribution in [0.25, 0.3) is 0 Å². The molecular formula is C22H21BrClN5O2S. The summed E-state index contributed by atoms with van der Waals surface area (Å²) in [6, 6.07) is 12.5. The molecule has 0 fully saturated rings. The van der Waals surface area contributed by atoms with Gasteiger partial charge in [0.1, 0.15) is 0 Å². The standard InChI is InChI=1S/C22H21BrClN5O2S/c1-3-10-29-19(12-25-21(31)16-6-4-5-7-17(16)23)27-28-22(29)32-13-20(30)26-15-9-8-14(2)18(24)11-15/h3-9,11H,1,10,12-13H2,2H3,(H,25,31)(H,26,30). The van der Waals surface area contributed by atoms with E-state index >= 15 is 0 Å².